The first-order chi connectivity index (χ1) is 7.50. The molecule has 0 aliphatic carbocycles. The van der Waals surface area contributed by atoms with E-state index in [9.17, 15) is 9.18 Å². The van der Waals surface area contributed by atoms with Crippen molar-refractivity contribution in [2.75, 3.05) is 12.3 Å². The van der Waals surface area contributed by atoms with Gasteiger partial charge < -0.3 is 11.1 Å². The highest BCUT2D eigenvalue weighted by atomic mass is 19.1. The SMILES string of the molecule is CC(C)NCCC(=O)c1ccc(F)c(N)c1. The first-order valence-electron chi connectivity index (χ1n) is 5.32. The molecule has 0 bridgehead atoms. The van der Waals surface area contributed by atoms with E-state index in [4.69, 9.17) is 5.73 Å². The van der Waals surface area contributed by atoms with E-state index in [0.29, 0.717) is 24.6 Å². The van der Waals surface area contributed by atoms with Crippen LogP contribution < -0.4 is 11.1 Å². The predicted molar refractivity (Wildman–Crippen MR) is 62.9 cm³/mol. The van der Waals surface area contributed by atoms with E-state index in [2.05, 4.69) is 5.32 Å². The Balaban J connectivity index is 2.56. The van der Waals surface area contributed by atoms with E-state index in [1.165, 1.54) is 18.2 Å². The third kappa shape index (κ3) is 3.62. The van der Waals surface area contributed by atoms with Crippen LogP contribution in [-0.4, -0.2) is 18.4 Å². The van der Waals surface area contributed by atoms with Crippen molar-refractivity contribution in [3.8, 4) is 0 Å². The summed E-state index contributed by atoms with van der Waals surface area (Å²) in [5.74, 6) is -0.517. The van der Waals surface area contributed by atoms with Gasteiger partial charge in [-0.3, -0.25) is 4.79 Å². The zero-order chi connectivity index (χ0) is 12.1. The summed E-state index contributed by atoms with van der Waals surface area (Å²) in [7, 11) is 0. The van der Waals surface area contributed by atoms with Crippen molar-refractivity contribution in [1.29, 1.82) is 0 Å². The van der Waals surface area contributed by atoms with Gasteiger partial charge in [0, 0.05) is 24.6 Å². The Kier molecular flexibility index (Phi) is 4.43. The molecule has 0 aliphatic heterocycles. The number of Topliss-reactive ketones (excluding diaryl/α,β-unsaturated/α-hetero) is 1. The number of hydrogen-bond acceptors (Lipinski definition) is 3. The fourth-order valence-corrected chi connectivity index (χ4v) is 1.34. The van der Waals surface area contributed by atoms with Crippen molar-refractivity contribution < 1.29 is 9.18 Å². The van der Waals surface area contributed by atoms with Gasteiger partial charge in [0.1, 0.15) is 5.82 Å². The van der Waals surface area contributed by atoms with Gasteiger partial charge >= 0.3 is 0 Å². The van der Waals surface area contributed by atoms with Crippen LogP contribution >= 0.6 is 0 Å². The van der Waals surface area contributed by atoms with Gasteiger partial charge in [-0.2, -0.15) is 0 Å². The molecule has 0 radical (unpaired) electrons. The summed E-state index contributed by atoms with van der Waals surface area (Å²) in [4.78, 5) is 11.7. The highest BCUT2D eigenvalue weighted by molar-refractivity contribution is 5.96. The monoisotopic (exact) mass is 224 g/mol. The van der Waals surface area contributed by atoms with Crippen molar-refractivity contribution in [3.05, 3.63) is 29.6 Å². The smallest absolute Gasteiger partial charge is 0.164 e. The van der Waals surface area contributed by atoms with Gasteiger partial charge in [-0.15, -0.1) is 0 Å². The molecular weight excluding hydrogens is 207 g/mol. The number of nitrogen functional groups attached to an aromatic ring is 1. The minimum Gasteiger partial charge on any atom is -0.396 e. The number of anilines is 1. The van der Waals surface area contributed by atoms with Crippen LogP contribution in [0.25, 0.3) is 0 Å². The molecule has 0 heterocycles. The van der Waals surface area contributed by atoms with Gasteiger partial charge in [0.25, 0.3) is 0 Å². The summed E-state index contributed by atoms with van der Waals surface area (Å²) in [6, 6.07) is 4.42. The molecule has 3 nitrogen and oxygen atoms in total. The molecule has 0 aromatic heterocycles. The predicted octanol–water partition coefficient (Wildman–Crippen LogP) is 1.98. The number of nitrogens with one attached hydrogen (secondary N) is 1. The van der Waals surface area contributed by atoms with E-state index in [-0.39, 0.29) is 11.5 Å². The minimum atomic E-state index is -0.489. The number of halogens is 1. The Morgan fingerprint density at radius 1 is 1.50 bits per heavy atom. The molecule has 0 atom stereocenters. The van der Waals surface area contributed by atoms with Crippen LogP contribution in [0.15, 0.2) is 18.2 Å². The fraction of sp³-hybridized carbons (Fsp3) is 0.417. The van der Waals surface area contributed by atoms with Crippen LogP contribution in [-0.2, 0) is 0 Å². The van der Waals surface area contributed by atoms with Crippen molar-refractivity contribution >= 4 is 11.5 Å². The molecule has 0 amide bonds. The van der Waals surface area contributed by atoms with Gasteiger partial charge in [-0.05, 0) is 18.2 Å². The van der Waals surface area contributed by atoms with Crippen LogP contribution in [0.3, 0.4) is 0 Å². The van der Waals surface area contributed by atoms with Crippen molar-refractivity contribution in [2.45, 2.75) is 26.3 Å². The summed E-state index contributed by atoms with van der Waals surface area (Å²) < 4.78 is 12.9. The van der Waals surface area contributed by atoms with Gasteiger partial charge in [-0.25, -0.2) is 4.39 Å². The summed E-state index contributed by atoms with van der Waals surface area (Å²) in [5.41, 5.74) is 5.87. The second-order valence-electron chi connectivity index (χ2n) is 4.02. The molecule has 0 saturated heterocycles. The second-order valence-corrected chi connectivity index (χ2v) is 4.02. The third-order valence-corrected chi connectivity index (χ3v) is 2.22. The maximum absolute atomic E-state index is 12.9. The molecule has 0 unspecified atom stereocenters. The normalized spacial score (nSPS) is 10.8. The lowest BCUT2D eigenvalue weighted by atomic mass is 10.1. The van der Waals surface area contributed by atoms with E-state index in [0.717, 1.165) is 0 Å². The molecule has 0 fully saturated rings. The number of carbonyl (C=O) groups excluding carboxylic acids is 1. The van der Waals surface area contributed by atoms with Gasteiger partial charge in [0.15, 0.2) is 5.78 Å². The lowest BCUT2D eigenvalue weighted by molar-refractivity contribution is 0.0982. The van der Waals surface area contributed by atoms with Crippen LogP contribution in [0.5, 0.6) is 0 Å². The Hall–Kier alpha value is -1.42. The molecule has 1 aromatic carbocycles. The van der Waals surface area contributed by atoms with Crippen molar-refractivity contribution in [1.82, 2.24) is 5.32 Å². The summed E-state index contributed by atoms with van der Waals surface area (Å²) in [5, 5.41) is 3.15. The van der Waals surface area contributed by atoms with Crippen LogP contribution in [0.2, 0.25) is 0 Å². The fourth-order valence-electron chi connectivity index (χ4n) is 1.34. The number of hydrogen-bond donors (Lipinski definition) is 2. The highest BCUT2D eigenvalue weighted by Gasteiger charge is 2.08. The lowest BCUT2D eigenvalue weighted by Gasteiger charge is -2.07. The largest absolute Gasteiger partial charge is 0.396 e. The summed E-state index contributed by atoms with van der Waals surface area (Å²) >= 11 is 0. The first kappa shape index (κ1) is 12.6. The standard InChI is InChI=1S/C12H17FN2O/c1-8(2)15-6-5-12(16)9-3-4-10(13)11(14)7-9/h3-4,7-8,15H,5-6,14H2,1-2H3. The zero-order valence-electron chi connectivity index (χ0n) is 9.59. The zero-order valence-corrected chi connectivity index (χ0v) is 9.59. The Bertz CT molecular complexity index is 377. The number of ketones is 1. The Morgan fingerprint density at radius 2 is 2.19 bits per heavy atom. The maximum Gasteiger partial charge on any atom is 0.164 e. The summed E-state index contributed by atoms with van der Waals surface area (Å²) in [6.45, 7) is 4.65. The van der Waals surface area contributed by atoms with E-state index in [1.54, 1.807) is 0 Å². The number of benzene rings is 1. The Labute approximate surface area is 94.8 Å². The molecular formula is C12H17FN2O. The third-order valence-electron chi connectivity index (χ3n) is 2.22. The number of rotatable bonds is 5. The molecule has 1 rings (SSSR count). The van der Waals surface area contributed by atoms with Gasteiger partial charge in [0.05, 0.1) is 5.69 Å². The number of carbonyl (C=O) groups is 1. The van der Waals surface area contributed by atoms with Crippen molar-refractivity contribution in [2.24, 2.45) is 0 Å². The molecule has 0 saturated carbocycles. The molecule has 3 N–H and O–H groups in total. The molecule has 0 aliphatic rings. The van der Waals surface area contributed by atoms with Crippen molar-refractivity contribution in [3.63, 3.8) is 0 Å². The number of nitrogens with two attached hydrogens (primary N) is 1. The summed E-state index contributed by atoms with van der Waals surface area (Å²) in [6.07, 6.45) is 0.392. The highest BCUT2D eigenvalue weighted by Crippen LogP contribution is 2.13. The van der Waals surface area contributed by atoms with Crippen LogP contribution in [0.1, 0.15) is 30.6 Å². The average Bonchev–Trinajstić information content (AvgIpc) is 2.21. The molecule has 4 heteroatoms. The molecule has 0 spiro atoms. The van der Waals surface area contributed by atoms with E-state index in [1.807, 2.05) is 13.8 Å². The molecule has 1 aromatic rings. The maximum atomic E-state index is 12.9. The molecule has 16 heavy (non-hydrogen) atoms. The average molecular weight is 224 g/mol. The van der Waals surface area contributed by atoms with Gasteiger partial charge in [-0.1, -0.05) is 13.8 Å². The minimum absolute atomic E-state index is 0.0164. The quantitative estimate of drug-likeness (QED) is 0.594. The topological polar surface area (TPSA) is 55.1 Å². The van der Waals surface area contributed by atoms with E-state index >= 15 is 0 Å². The van der Waals surface area contributed by atoms with Crippen LogP contribution in [0.4, 0.5) is 10.1 Å². The van der Waals surface area contributed by atoms with E-state index < -0.39 is 5.82 Å². The second kappa shape index (κ2) is 5.61. The van der Waals surface area contributed by atoms with Gasteiger partial charge in [0.2, 0.25) is 0 Å². The van der Waals surface area contributed by atoms with Crippen LogP contribution in [0, 0.1) is 5.82 Å². The Morgan fingerprint density at radius 3 is 2.75 bits per heavy atom. The molecule has 88 valence electrons. The first-order valence-corrected chi connectivity index (χ1v) is 5.32. The lowest BCUT2D eigenvalue weighted by Crippen LogP contribution is -2.25.